The Morgan fingerprint density at radius 2 is 2.10 bits per heavy atom. The standard InChI is InChI=1S/C14H14BrN3OS/c1-8-5-9(14(16)20)6-13(17-8)18-10-3-4-11(15)12(7-10)19-2/h3-7H,1-2H3,(H2,16,20)(H,17,18). The Hall–Kier alpha value is -1.66. The van der Waals surface area contributed by atoms with Crippen LogP contribution in [0.4, 0.5) is 11.5 Å². The van der Waals surface area contributed by atoms with E-state index in [0.717, 1.165) is 27.2 Å². The molecule has 0 aliphatic heterocycles. The molecule has 0 unspecified atom stereocenters. The van der Waals surface area contributed by atoms with Crippen molar-refractivity contribution in [2.75, 3.05) is 12.4 Å². The van der Waals surface area contributed by atoms with Crippen LogP contribution in [0.15, 0.2) is 34.8 Å². The van der Waals surface area contributed by atoms with Crippen LogP contribution in [-0.2, 0) is 0 Å². The third kappa shape index (κ3) is 3.46. The first kappa shape index (κ1) is 14.7. The van der Waals surface area contributed by atoms with Crippen LogP contribution < -0.4 is 15.8 Å². The number of thiocarbonyl (C=S) groups is 1. The second-order valence-corrected chi connectivity index (χ2v) is 5.52. The first-order valence-electron chi connectivity index (χ1n) is 5.88. The second kappa shape index (κ2) is 6.19. The number of hydrogen-bond donors (Lipinski definition) is 2. The van der Waals surface area contributed by atoms with E-state index in [-0.39, 0.29) is 0 Å². The van der Waals surface area contributed by atoms with Crippen LogP contribution in [0.1, 0.15) is 11.3 Å². The summed E-state index contributed by atoms with van der Waals surface area (Å²) in [6, 6.07) is 9.40. The summed E-state index contributed by atoms with van der Waals surface area (Å²) in [5.41, 5.74) is 8.17. The minimum absolute atomic E-state index is 0.354. The van der Waals surface area contributed by atoms with E-state index < -0.39 is 0 Å². The number of nitrogens with zero attached hydrogens (tertiary/aromatic N) is 1. The first-order chi connectivity index (χ1) is 9.49. The lowest BCUT2D eigenvalue weighted by Gasteiger charge is -2.10. The Morgan fingerprint density at radius 3 is 2.75 bits per heavy atom. The lowest BCUT2D eigenvalue weighted by molar-refractivity contribution is 0.412. The van der Waals surface area contributed by atoms with Gasteiger partial charge in [-0.25, -0.2) is 4.98 Å². The van der Waals surface area contributed by atoms with E-state index in [4.69, 9.17) is 22.7 Å². The number of aryl methyl sites for hydroxylation is 1. The predicted octanol–water partition coefficient (Wildman–Crippen LogP) is 3.54. The Morgan fingerprint density at radius 1 is 1.35 bits per heavy atom. The summed E-state index contributed by atoms with van der Waals surface area (Å²) in [6.45, 7) is 1.90. The van der Waals surface area contributed by atoms with Gasteiger partial charge in [0, 0.05) is 23.0 Å². The van der Waals surface area contributed by atoms with Crippen molar-refractivity contribution >= 4 is 44.6 Å². The van der Waals surface area contributed by atoms with Crippen LogP contribution in [0.2, 0.25) is 0 Å². The van der Waals surface area contributed by atoms with Crippen molar-refractivity contribution in [2.45, 2.75) is 6.92 Å². The number of pyridine rings is 1. The number of halogens is 1. The van der Waals surface area contributed by atoms with Crippen molar-refractivity contribution in [3.63, 3.8) is 0 Å². The zero-order valence-corrected chi connectivity index (χ0v) is 13.5. The fourth-order valence-electron chi connectivity index (χ4n) is 1.76. The number of hydrogen-bond acceptors (Lipinski definition) is 4. The zero-order valence-electron chi connectivity index (χ0n) is 11.1. The smallest absolute Gasteiger partial charge is 0.135 e. The highest BCUT2D eigenvalue weighted by molar-refractivity contribution is 9.10. The maximum absolute atomic E-state index is 5.66. The molecule has 0 bridgehead atoms. The molecule has 0 saturated carbocycles. The fourth-order valence-corrected chi connectivity index (χ4v) is 2.29. The molecule has 104 valence electrons. The van der Waals surface area contributed by atoms with Gasteiger partial charge in [-0.05, 0) is 47.1 Å². The van der Waals surface area contributed by atoms with Crippen LogP contribution in [0.25, 0.3) is 0 Å². The van der Waals surface area contributed by atoms with E-state index in [9.17, 15) is 0 Å². The average molecular weight is 352 g/mol. The van der Waals surface area contributed by atoms with E-state index in [1.807, 2.05) is 37.3 Å². The minimum atomic E-state index is 0.354. The van der Waals surface area contributed by atoms with Crippen molar-refractivity contribution < 1.29 is 4.74 Å². The number of aromatic nitrogens is 1. The molecular formula is C14H14BrN3OS. The lowest BCUT2D eigenvalue weighted by Crippen LogP contribution is -2.10. The van der Waals surface area contributed by atoms with Gasteiger partial charge in [-0.15, -0.1) is 0 Å². The van der Waals surface area contributed by atoms with Crippen molar-refractivity contribution in [3.8, 4) is 5.75 Å². The largest absolute Gasteiger partial charge is 0.495 e. The molecule has 1 aromatic carbocycles. The van der Waals surface area contributed by atoms with E-state index in [0.29, 0.717) is 10.8 Å². The summed E-state index contributed by atoms with van der Waals surface area (Å²) in [4.78, 5) is 4.76. The molecule has 0 atom stereocenters. The van der Waals surface area contributed by atoms with Crippen molar-refractivity contribution in [3.05, 3.63) is 46.1 Å². The molecule has 1 aromatic heterocycles. The van der Waals surface area contributed by atoms with Crippen molar-refractivity contribution in [1.29, 1.82) is 0 Å². The summed E-state index contributed by atoms with van der Waals surface area (Å²) in [5.74, 6) is 1.44. The minimum Gasteiger partial charge on any atom is -0.495 e. The molecule has 6 heteroatoms. The number of nitrogens with two attached hydrogens (primary N) is 1. The Labute approximate surface area is 131 Å². The number of methoxy groups -OCH3 is 1. The molecule has 3 N–H and O–H groups in total. The van der Waals surface area contributed by atoms with Gasteiger partial charge in [-0.2, -0.15) is 0 Å². The summed E-state index contributed by atoms with van der Waals surface area (Å²) in [5, 5.41) is 3.21. The molecule has 0 amide bonds. The SMILES string of the molecule is COc1cc(Nc2cc(C(N)=S)cc(C)n2)ccc1Br. The third-order valence-electron chi connectivity index (χ3n) is 2.66. The Kier molecular flexibility index (Phi) is 4.57. The molecule has 1 heterocycles. The van der Waals surface area contributed by atoms with Gasteiger partial charge in [0.2, 0.25) is 0 Å². The molecular weight excluding hydrogens is 338 g/mol. The molecule has 2 aromatic rings. The molecule has 2 rings (SSSR count). The Bertz CT molecular complexity index is 661. The molecule has 0 saturated heterocycles. The number of nitrogens with one attached hydrogen (secondary N) is 1. The molecule has 20 heavy (non-hydrogen) atoms. The van der Waals surface area contributed by atoms with Gasteiger partial charge in [0.25, 0.3) is 0 Å². The van der Waals surface area contributed by atoms with Gasteiger partial charge < -0.3 is 15.8 Å². The first-order valence-corrected chi connectivity index (χ1v) is 7.09. The van der Waals surface area contributed by atoms with Crippen LogP contribution in [0.3, 0.4) is 0 Å². The summed E-state index contributed by atoms with van der Waals surface area (Å²) < 4.78 is 6.16. The summed E-state index contributed by atoms with van der Waals surface area (Å²) in [6.07, 6.45) is 0. The van der Waals surface area contributed by atoms with Crippen molar-refractivity contribution in [1.82, 2.24) is 4.98 Å². The second-order valence-electron chi connectivity index (χ2n) is 4.22. The number of ether oxygens (including phenoxy) is 1. The van der Waals surface area contributed by atoms with E-state index in [1.54, 1.807) is 7.11 Å². The molecule has 0 radical (unpaired) electrons. The van der Waals surface area contributed by atoms with Crippen LogP contribution in [-0.4, -0.2) is 17.1 Å². The van der Waals surface area contributed by atoms with Gasteiger partial charge in [0.15, 0.2) is 0 Å². The topological polar surface area (TPSA) is 60.2 Å². The average Bonchev–Trinajstić information content (AvgIpc) is 2.40. The van der Waals surface area contributed by atoms with E-state index in [1.165, 1.54) is 0 Å². The van der Waals surface area contributed by atoms with Crippen LogP contribution in [0, 0.1) is 6.92 Å². The van der Waals surface area contributed by atoms with Gasteiger partial charge in [0.05, 0.1) is 11.6 Å². The predicted molar refractivity (Wildman–Crippen MR) is 88.8 cm³/mol. The highest BCUT2D eigenvalue weighted by Gasteiger charge is 2.05. The maximum atomic E-state index is 5.66. The van der Waals surface area contributed by atoms with Crippen LogP contribution in [0.5, 0.6) is 5.75 Å². The molecule has 0 aliphatic carbocycles. The third-order valence-corrected chi connectivity index (χ3v) is 3.55. The quantitative estimate of drug-likeness (QED) is 0.825. The van der Waals surface area contributed by atoms with Crippen molar-refractivity contribution in [2.24, 2.45) is 5.73 Å². The number of anilines is 2. The highest BCUT2D eigenvalue weighted by atomic mass is 79.9. The number of rotatable bonds is 4. The van der Waals surface area contributed by atoms with E-state index >= 15 is 0 Å². The normalized spacial score (nSPS) is 10.2. The number of benzene rings is 1. The highest BCUT2D eigenvalue weighted by Crippen LogP contribution is 2.29. The van der Waals surface area contributed by atoms with Gasteiger partial charge in [-0.1, -0.05) is 12.2 Å². The summed E-state index contributed by atoms with van der Waals surface area (Å²) >= 11 is 8.41. The molecule has 0 aliphatic rings. The van der Waals surface area contributed by atoms with E-state index in [2.05, 4.69) is 26.2 Å². The van der Waals surface area contributed by atoms with Gasteiger partial charge in [0.1, 0.15) is 16.6 Å². The van der Waals surface area contributed by atoms with Gasteiger partial charge in [-0.3, -0.25) is 0 Å². The lowest BCUT2D eigenvalue weighted by atomic mass is 10.2. The Balaban J connectivity index is 2.32. The summed E-state index contributed by atoms with van der Waals surface area (Å²) in [7, 11) is 1.62. The molecule has 0 fully saturated rings. The zero-order chi connectivity index (χ0) is 14.7. The van der Waals surface area contributed by atoms with Gasteiger partial charge >= 0.3 is 0 Å². The maximum Gasteiger partial charge on any atom is 0.135 e. The molecule has 0 spiro atoms. The monoisotopic (exact) mass is 351 g/mol. The van der Waals surface area contributed by atoms with Crippen LogP contribution >= 0.6 is 28.1 Å². The fraction of sp³-hybridized carbons (Fsp3) is 0.143. The molecule has 4 nitrogen and oxygen atoms in total.